The minimum absolute atomic E-state index is 0. The van der Waals surface area contributed by atoms with Crippen LogP contribution in [-0.4, -0.2) is 51.4 Å². The number of carbonyl (C=O) groups excluding carboxylic acids is 1. The van der Waals surface area contributed by atoms with Gasteiger partial charge >= 0.3 is 0 Å². The summed E-state index contributed by atoms with van der Waals surface area (Å²) in [6.45, 7) is 1.88. The van der Waals surface area contributed by atoms with Crippen LogP contribution in [-0.2, 0) is 0 Å². The largest absolute Gasteiger partial charge is 0.497 e. The van der Waals surface area contributed by atoms with E-state index in [1.165, 1.54) is 4.90 Å². The molecular weight excluding hydrogens is 487 g/mol. The van der Waals surface area contributed by atoms with Gasteiger partial charge in [0, 0.05) is 42.9 Å². The van der Waals surface area contributed by atoms with Gasteiger partial charge in [0.15, 0.2) is 5.96 Å². The number of ether oxygens (including phenoxy) is 1. The summed E-state index contributed by atoms with van der Waals surface area (Å²) in [6, 6.07) is 17.4. The van der Waals surface area contributed by atoms with Crippen molar-refractivity contribution in [3.63, 3.8) is 0 Å². The molecule has 0 aliphatic rings. The van der Waals surface area contributed by atoms with Gasteiger partial charge < -0.3 is 20.7 Å². The number of halogens is 1. The number of carbonyl (C=O) groups is 1. The van der Waals surface area contributed by atoms with E-state index in [2.05, 4.69) is 33.1 Å². The number of benzene rings is 2. The number of aliphatic imine (C=N–C) groups is 1. The standard InChI is InChI=1S/C20H26N4O2S.HI/c1-21-20(24-13-14-27-18-9-4-3-5-10-18)23-12-11-22-19(25)16-7-6-8-17(15-16)26-2;/h3-10,15H,11-14H2,1-2H3,(H,22,25)(H2,21,23,24);1H. The van der Waals surface area contributed by atoms with Gasteiger partial charge in [0.05, 0.1) is 7.11 Å². The molecular formula is C20H27IN4O2S. The Morgan fingerprint density at radius 1 is 1.00 bits per heavy atom. The Kier molecular flexibility index (Phi) is 12.1. The highest BCUT2D eigenvalue weighted by Crippen LogP contribution is 2.15. The Bertz CT molecular complexity index is 744. The number of methoxy groups -OCH3 is 1. The molecule has 0 heterocycles. The second kappa shape index (κ2) is 14.1. The third-order valence-corrected chi connectivity index (χ3v) is 4.68. The van der Waals surface area contributed by atoms with Crippen molar-refractivity contribution in [3.8, 4) is 5.75 Å². The predicted octanol–water partition coefficient (Wildman–Crippen LogP) is 3.00. The average Bonchev–Trinajstić information content (AvgIpc) is 2.73. The zero-order valence-corrected chi connectivity index (χ0v) is 19.3. The van der Waals surface area contributed by atoms with Crippen molar-refractivity contribution in [2.45, 2.75) is 4.90 Å². The Balaban J connectivity index is 0.00000392. The van der Waals surface area contributed by atoms with Crippen molar-refractivity contribution in [2.24, 2.45) is 4.99 Å². The van der Waals surface area contributed by atoms with Crippen LogP contribution in [0.2, 0.25) is 0 Å². The van der Waals surface area contributed by atoms with E-state index in [0.717, 1.165) is 18.3 Å². The Morgan fingerprint density at radius 3 is 2.43 bits per heavy atom. The molecule has 0 saturated carbocycles. The summed E-state index contributed by atoms with van der Waals surface area (Å²) in [4.78, 5) is 17.6. The second-order valence-corrected chi connectivity index (χ2v) is 6.74. The fraction of sp³-hybridized carbons (Fsp3) is 0.300. The molecule has 2 aromatic carbocycles. The molecule has 0 radical (unpaired) electrons. The third kappa shape index (κ3) is 8.83. The highest BCUT2D eigenvalue weighted by atomic mass is 127. The average molecular weight is 514 g/mol. The smallest absolute Gasteiger partial charge is 0.251 e. The van der Waals surface area contributed by atoms with Gasteiger partial charge in [0.1, 0.15) is 5.75 Å². The molecule has 6 nitrogen and oxygen atoms in total. The lowest BCUT2D eigenvalue weighted by atomic mass is 10.2. The predicted molar refractivity (Wildman–Crippen MR) is 127 cm³/mol. The number of nitrogens with one attached hydrogen (secondary N) is 3. The summed E-state index contributed by atoms with van der Waals surface area (Å²) in [7, 11) is 3.31. The van der Waals surface area contributed by atoms with Gasteiger partial charge in [-0.3, -0.25) is 9.79 Å². The van der Waals surface area contributed by atoms with E-state index in [0.29, 0.717) is 24.4 Å². The zero-order chi connectivity index (χ0) is 19.3. The van der Waals surface area contributed by atoms with Crippen molar-refractivity contribution >= 4 is 47.6 Å². The fourth-order valence-corrected chi connectivity index (χ4v) is 3.09. The van der Waals surface area contributed by atoms with Crippen LogP contribution in [0.15, 0.2) is 64.5 Å². The summed E-state index contributed by atoms with van der Waals surface area (Å²) < 4.78 is 5.13. The first-order chi connectivity index (χ1) is 13.2. The maximum Gasteiger partial charge on any atom is 0.251 e. The van der Waals surface area contributed by atoms with E-state index in [1.807, 2.05) is 24.3 Å². The van der Waals surface area contributed by atoms with Crippen LogP contribution < -0.4 is 20.7 Å². The molecule has 3 N–H and O–H groups in total. The molecule has 0 atom stereocenters. The monoisotopic (exact) mass is 514 g/mol. The molecule has 0 aliphatic heterocycles. The Hall–Kier alpha value is -1.94. The molecule has 0 aliphatic carbocycles. The first kappa shape index (κ1) is 24.1. The lowest BCUT2D eigenvalue weighted by molar-refractivity contribution is 0.0954. The molecule has 8 heteroatoms. The van der Waals surface area contributed by atoms with Crippen LogP contribution in [0.4, 0.5) is 0 Å². The van der Waals surface area contributed by atoms with Crippen LogP contribution in [0.3, 0.4) is 0 Å². The SMILES string of the molecule is CN=C(NCCNC(=O)c1cccc(OC)c1)NCCSc1ccccc1.I. The van der Waals surface area contributed by atoms with Crippen molar-refractivity contribution < 1.29 is 9.53 Å². The van der Waals surface area contributed by atoms with Gasteiger partial charge in [-0.1, -0.05) is 24.3 Å². The first-order valence-corrected chi connectivity index (χ1v) is 9.76. The molecule has 0 fully saturated rings. The minimum atomic E-state index is -0.127. The molecule has 1 amide bonds. The molecule has 0 spiro atoms. The number of rotatable bonds is 9. The maximum absolute atomic E-state index is 12.1. The number of nitrogens with zero attached hydrogens (tertiary/aromatic N) is 1. The highest BCUT2D eigenvalue weighted by molar-refractivity contribution is 14.0. The fourth-order valence-electron chi connectivity index (χ4n) is 2.30. The zero-order valence-electron chi connectivity index (χ0n) is 16.1. The third-order valence-electron chi connectivity index (χ3n) is 3.66. The molecule has 28 heavy (non-hydrogen) atoms. The van der Waals surface area contributed by atoms with Gasteiger partial charge in [0.2, 0.25) is 0 Å². The summed E-state index contributed by atoms with van der Waals surface area (Å²) in [5.41, 5.74) is 0.579. The van der Waals surface area contributed by atoms with Crippen LogP contribution in [0.1, 0.15) is 10.4 Å². The highest BCUT2D eigenvalue weighted by Gasteiger charge is 2.06. The van der Waals surface area contributed by atoms with Crippen LogP contribution in [0.5, 0.6) is 5.75 Å². The van der Waals surface area contributed by atoms with Gasteiger partial charge in [-0.05, 0) is 30.3 Å². The topological polar surface area (TPSA) is 74.8 Å². The van der Waals surface area contributed by atoms with E-state index in [4.69, 9.17) is 4.74 Å². The molecule has 0 bridgehead atoms. The molecule has 0 aromatic heterocycles. The van der Waals surface area contributed by atoms with E-state index in [1.54, 1.807) is 44.1 Å². The molecule has 0 saturated heterocycles. The quantitative estimate of drug-likeness (QED) is 0.158. The van der Waals surface area contributed by atoms with Crippen LogP contribution in [0, 0.1) is 0 Å². The van der Waals surface area contributed by atoms with Crippen LogP contribution >= 0.6 is 35.7 Å². The number of thioether (sulfide) groups is 1. The normalized spacial score (nSPS) is 10.6. The van der Waals surface area contributed by atoms with Gasteiger partial charge in [-0.2, -0.15) is 0 Å². The number of hydrogen-bond acceptors (Lipinski definition) is 4. The number of guanidine groups is 1. The van der Waals surface area contributed by atoms with Crippen LogP contribution in [0.25, 0.3) is 0 Å². The summed E-state index contributed by atoms with van der Waals surface area (Å²) in [6.07, 6.45) is 0. The lowest BCUT2D eigenvalue weighted by Crippen LogP contribution is -2.42. The van der Waals surface area contributed by atoms with Gasteiger partial charge in [-0.25, -0.2) is 0 Å². The first-order valence-electron chi connectivity index (χ1n) is 8.77. The van der Waals surface area contributed by atoms with E-state index in [-0.39, 0.29) is 29.9 Å². The Morgan fingerprint density at radius 2 is 1.71 bits per heavy atom. The van der Waals surface area contributed by atoms with Gasteiger partial charge in [-0.15, -0.1) is 35.7 Å². The van der Waals surface area contributed by atoms with Gasteiger partial charge in [0.25, 0.3) is 5.91 Å². The van der Waals surface area contributed by atoms with E-state index < -0.39 is 0 Å². The second-order valence-electron chi connectivity index (χ2n) is 5.58. The summed E-state index contributed by atoms with van der Waals surface area (Å²) in [5.74, 6) is 2.20. The van der Waals surface area contributed by atoms with Crippen molar-refractivity contribution in [2.75, 3.05) is 39.5 Å². The lowest BCUT2D eigenvalue weighted by Gasteiger charge is -2.12. The van der Waals surface area contributed by atoms with E-state index >= 15 is 0 Å². The molecule has 2 aromatic rings. The maximum atomic E-state index is 12.1. The minimum Gasteiger partial charge on any atom is -0.497 e. The Labute approximate surface area is 187 Å². The van der Waals surface area contributed by atoms with Crippen molar-refractivity contribution in [1.82, 2.24) is 16.0 Å². The van der Waals surface area contributed by atoms with E-state index in [9.17, 15) is 4.79 Å². The summed E-state index contributed by atoms with van der Waals surface area (Å²) in [5, 5.41) is 9.33. The van der Waals surface area contributed by atoms with Crippen molar-refractivity contribution in [1.29, 1.82) is 0 Å². The molecule has 152 valence electrons. The number of hydrogen-bond donors (Lipinski definition) is 3. The molecule has 0 unspecified atom stereocenters. The number of amides is 1. The summed E-state index contributed by atoms with van der Waals surface area (Å²) >= 11 is 1.79. The van der Waals surface area contributed by atoms with Crippen molar-refractivity contribution in [3.05, 3.63) is 60.2 Å². The molecule has 2 rings (SSSR count).